The Morgan fingerprint density at radius 1 is 1.35 bits per heavy atom. The van der Waals surface area contributed by atoms with Crippen LogP contribution in [0.15, 0.2) is 30.3 Å². The molecular weight excluding hydrogens is 278 g/mol. The summed E-state index contributed by atoms with van der Waals surface area (Å²) in [5.41, 5.74) is 0.918. The number of carbonyl (C=O) groups is 1. The first-order chi connectivity index (χ1) is 9.52. The minimum absolute atomic E-state index is 0.0797. The standard InChI is InChI=1S/C15H22ClNO3/c1-11(2)8-13(14(18)9-16)17-15(19)20-10-12-6-4-3-5-7-12/h3-7,11,13-14,18H,8-10H2,1-2H3,(H,17,19)/t13-,14+/m0/s1. The highest BCUT2D eigenvalue weighted by Crippen LogP contribution is 2.10. The van der Waals surface area contributed by atoms with E-state index < -0.39 is 18.2 Å². The van der Waals surface area contributed by atoms with Gasteiger partial charge in [-0.15, -0.1) is 11.6 Å². The molecule has 1 amide bonds. The molecule has 1 rings (SSSR count). The lowest BCUT2D eigenvalue weighted by Gasteiger charge is -2.24. The summed E-state index contributed by atoms with van der Waals surface area (Å²) < 4.78 is 5.13. The molecule has 0 spiro atoms. The highest BCUT2D eigenvalue weighted by atomic mass is 35.5. The van der Waals surface area contributed by atoms with Crippen LogP contribution in [0.3, 0.4) is 0 Å². The zero-order chi connectivity index (χ0) is 15.0. The fourth-order valence-corrected chi connectivity index (χ4v) is 2.06. The highest BCUT2D eigenvalue weighted by molar-refractivity contribution is 6.18. The van der Waals surface area contributed by atoms with Crippen LogP contribution in [-0.4, -0.2) is 29.2 Å². The van der Waals surface area contributed by atoms with Crippen LogP contribution in [0.2, 0.25) is 0 Å². The minimum atomic E-state index is -0.775. The lowest BCUT2D eigenvalue weighted by molar-refractivity contribution is 0.104. The van der Waals surface area contributed by atoms with Gasteiger partial charge in [0.25, 0.3) is 0 Å². The van der Waals surface area contributed by atoms with Gasteiger partial charge in [-0.25, -0.2) is 4.79 Å². The van der Waals surface area contributed by atoms with E-state index in [0.717, 1.165) is 5.56 Å². The Labute approximate surface area is 125 Å². The van der Waals surface area contributed by atoms with Gasteiger partial charge in [-0.1, -0.05) is 44.2 Å². The lowest BCUT2D eigenvalue weighted by atomic mass is 10.0. The number of ether oxygens (including phenoxy) is 1. The highest BCUT2D eigenvalue weighted by Gasteiger charge is 2.22. The van der Waals surface area contributed by atoms with E-state index in [4.69, 9.17) is 16.3 Å². The van der Waals surface area contributed by atoms with Crippen LogP contribution < -0.4 is 5.32 Å². The molecular formula is C15H22ClNO3. The Hall–Kier alpha value is -1.26. The van der Waals surface area contributed by atoms with Gasteiger partial charge in [-0.3, -0.25) is 0 Å². The van der Waals surface area contributed by atoms with Gasteiger partial charge in [-0.2, -0.15) is 0 Å². The van der Waals surface area contributed by atoms with Gasteiger partial charge in [0.2, 0.25) is 0 Å². The zero-order valence-electron chi connectivity index (χ0n) is 11.9. The molecule has 4 nitrogen and oxygen atoms in total. The predicted octanol–water partition coefficient (Wildman–Crippen LogP) is 2.93. The zero-order valence-corrected chi connectivity index (χ0v) is 12.6. The Bertz CT molecular complexity index is 397. The number of alkyl carbamates (subject to hydrolysis) is 1. The van der Waals surface area contributed by atoms with E-state index in [-0.39, 0.29) is 12.5 Å². The van der Waals surface area contributed by atoms with E-state index in [9.17, 15) is 9.90 Å². The number of hydrogen-bond donors (Lipinski definition) is 2. The first-order valence-corrected chi connectivity index (χ1v) is 7.27. The third-order valence-corrected chi connectivity index (χ3v) is 3.18. The van der Waals surface area contributed by atoms with Crippen LogP contribution in [-0.2, 0) is 11.3 Å². The molecule has 0 aliphatic heterocycles. The van der Waals surface area contributed by atoms with Crippen molar-refractivity contribution in [2.24, 2.45) is 5.92 Å². The maximum absolute atomic E-state index is 11.7. The Morgan fingerprint density at radius 3 is 2.55 bits per heavy atom. The molecule has 0 aliphatic rings. The summed E-state index contributed by atoms with van der Waals surface area (Å²) in [6.07, 6.45) is -0.666. The number of nitrogens with one attached hydrogen (secondary N) is 1. The molecule has 1 aromatic carbocycles. The third kappa shape index (κ3) is 6.26. The summed E-state index contributed by atoms with van der Waals surface area (Å²) in [4.78, 5) is 11.7. The van der Waals surface area contributed by atoms with Crippen molar-refractivity contribution in [2.45, 2.75) is 39.0 Å². The Morgan fingerprint density at radius 2 is 2.00 bits per heavy atom. The number of halogens is 1. The molecule has 0 saturated carbocycles. The molecule has 0 saturated heterocycles. The first kappa shape index (κ1) is 16.8. The third-order valence-electron chi connectivity index (χ3n) is 2.86. The van der Waals surface area contributed by atoms with Gasteiger partial charge in [0.15, 0.2) is 0 Å². The van der Waals surface area contributed by atoms with Crippen molar-refractivity contribution in [3.8, 4) is 0 Å². The number of benzene rings is 1. The number of alkyl halides is 1. The Kier molecular flexibility index (Phi) is 7.41. The van der Waals surface area contributed by atoms with Crippen LogP contribution >= 0.6 is 11.6 Å². The number of aliphatic hydroxyl groups is 1. The van der Waals surface area contributed by atoms with E-state index in [0.29, 0.717) is 12.3 Å². The normalized spacial score (nSPS) is 13.8. The molecule has 0 aliphatic carbocycles. The van der Waals surface area contributed by atoms with E-state index in [1.54, 1.807) is 0 Å². The molecule has 2 N–H and O–H groups in total. The summed E-state index contributed by atoms with van der Waals surface area (Å²) >= 11 is 5.64. The first-order valence-electron chi connectivity index (χ1n) is 6.74. The van der Waals surface area contributed by atoms with Crippen molar-refractivity contribution in [3.63, 3.8) is 0 Å². The van der Waals surface area contributed by atoms with E-state index in [1.165, 1.54) is 0 Å². The van der Waals surface area contributed by atoms with Crippen molar-refractivity contribution < 1.29 is 14.6 Å². The SMILES string of the molecule is CC(C)C[C@H](NC(=O)OCc1ccccc1)[C@H](O)CCl. The van der Waals surface area contributed by atoms with Crippen LogP contribution in [0.1, 0.15) is 25.8 Å². The summed E-state index contributed by atoms with van der Waals surface area (Å²) in [6.45, 7) is 4.24. The molecule has 0 bridgehead atoms. The number of amides is 1. The van der Waals surface area contributed by atoms with Gasteiger partial charge in [-0.05, 0) is 17.9 Å². The van der Waals surface area contributed by atoms with Crippen LogP contribution in [0.5, 0.6) is 0 Å². The summed E-state index contributed by atoms with van der Waals surface area (Å²) in [5.74, 6) is 0.420. The summed E-state index contributed by atoms with van der Waals surface area (Å²) in [5, 5.41) is 12.5. The second kappa shape index (κ2) is 8.82. The maximum Gasteiger partial charge on any atom is 0.407 e. The van der Waals surface area contributed by atoms with Gasteiger partial charge >= 0.3 is 6.09 Å². The van der Waals surface area contributed by atoms with Crippen molar-refractivity contribution in [1.29, 1.82) is 0 Å². The topological polar surface area (TPSA) is 58.6 Å². The molecule has 0 radical (unpaired) electrons. The fraction of sp³-hybridized carbons (Fsp3) is 0.533. The van der Waals surface area contributed by atoms with Gasteiger partial charge < -0.3 is 15.2 Å². The molecule has 20 heavy (non-hydrogen) atoms. The lowest BCUT2D eigenvalue weighted by Crippen LogP contribution is -2.45. The summed E-state index contributed by atoms with van der Waals surface area (Å²) in [7, 11) is 0. The summed E-state index contributed by atoms with van der Waals surface area (Å²) in [6, 6.07) is 9.04. The largest absolute Gasteiger partial charge is 0.445 e. The van der Waals surface area contributed by atoms with Crippen molar-refractivity contribution in [1.82, 2.24) is 5.32 Å². The van der Waals surface area contributed by atoms with E-state index >= 15 is 0 Å². The molecule has 0 fully saturated rings. The fourth-order valence-electron chi connectivity index (χ4n) is 1.84. The van der Waals surface area contributed by atoms with Gasteiger partial charge in [0.1, 0.15) is 6.61 Å². The average Bonchev–Trinajstić information content (AvgIpc) is 2.44. The smallest absolute Gasteiger partial charge is 0.407 e. The van der Waals surface area contributed by atoms with Gasteiger partial charge in [0, 0.05) is 0 Å². The molecule has 2 atom stereocenters. The minimum Gasteiger partial charge on any atom is -0.445 e. The van der Waals surface area contributed by atoms with Crippen LogP contribution in [0.4, 0.5) is 4.79 Å². The predicted molar refractivity (Wildman–Crippen MR) is 79.7 cm³/mol. The monoisotopic (exact) mass is 299 g/mol. The number of aliphatic hydroxyl groups excluding tert-OH is 1. The second-order valence-electron chi connectivity index (χ2n) is 5.16. The molecule has 112 valence electrons. The van der Waals surface area contributed by atoms with Crippen molar-refractivity contribution in [3.05, 3.63) is 35.9 Å². The van der Waals surface area contributed by atoms with Crippen LogP contribution in [0, 0.1) is 5.92 Å². The van der Waals surface area contributed by atoms with Crippen LogP contribution in [0.25, 0.3) is 0 Å². The quantitative estimate of drug-likeness (QED) is 0.761. The number of carbonyl (C=O) groups excluding carboxylic acids is 1. The van der Waals surface area contributed by atoms with E-state index in [2.05, 4.69) is 5.32 Å². The Balaban J connectivity index is 2.45. The second-order valence-corrected chi connectivity index (χ2v) is 5.47. The number of rotatable bonds is 7. The van der Waals surface area contributed by atoms with E-state index in [1.807, 2.05) is 44.2 Å². The molecule has 5 heteroatoms. The molecule has 0 aromatic heterocycles. The molecule has 0 unspecified atom stereocenters. The van der Waals surface area contributed by atoms with Crippen molar-refractivity contribution in [2.75, 3.05) is 5.88 Å². The number of hydrogen-bond acceptors (Lipinski definition) is 3. The molecule has 0 heterocycles. The molecule has 1 aromatic rings. The average molecular weight is 300 g/mol. The van der Waals surface area contributed by atoms with Crippen molar-refractivity contribution >= 4 is 17.7 Å². The van der Waals surface area contributed by atoms with Gasteiger partial charge in [0.05, 0.1) is 18.0 Å². The maximum atomic E-state index is 11.7.